The lowest BCUT2D eigenvalue weighted by atomic mass is 10.7. The van der Waals surface area contributed by atoms with E-state index in [1.54, 1.807) is 0 Å². The van der Waals surface area contributed by atoms with E-state index in [4.69, 9.17) is 9.47 Å². The molecular weight excluding hydrogens is 158 g/mol. The van der Waals surface area contributed by atoms with Gasteiger partial charge in [0.25, 0.3) is 0 Å². The molecule has 0 aliphatic rings. The molecule has 0 spiro atoms. The van der Waals surface area contributed by atoms with Gasteiger partial charge in [0, 0.05) is 19.7 Å². The van der Waals surface area contributed by atoms with E-state index >= 15 is 0 Å². The molecule has 70 valence electrons. The van der Waals surface area contributed by atoms with E-state index in [1.807, 2.05) is 6.92 Å². The summed E-state index contributed by atoms with van der Waals surface area (Å²) in [5.74, 6) is -0.205. The van der Waals surface area contributed by atoms with Gasteiger partial charge in [-0.3, -0.25) is 4.79 Å². The number of aliphatic imine (C=N–C) groups is 1. The Hall–Kier alpha value is -0.740. The molecule has 0 aromatic carbocycles. The highest BCUT2D eigenvalue weighted by atomic mass is 16.5. The van der Waals surface area contributed by atoms with Crippen molar-refractivity contribution in [3.8, 4) is 0 Å². The lowest BCUT2D eigenvalue weighted by Crippen LogP contribution is -2.05. The summed E-state index contributed by atoms with van der Waals surface area (Å²) in [6.45, 7) is 5.52. The highest BCUT2D eigenvalue weighted by Gasteiger charge is 1.85. The Balaban J connectivity index is 3.05. The van der Waals surface area contributed by atoms with E-state index in [9.17, 15) is 4.79 Å². The van der Waals surface area contributed by atoms with Crippen LogP contribution in [0, 0.1) is 0 Å². The van der Waals surface area contributed by atoms with Crippen molar-refractivity contribution in [1.82, 2.24) is 0 Å². The van der Waals surface area contributed by atoms with E-state index in [1.165, 1.54) is 13.1 Å². The summed E-state index contributed by atoms with van der Waals surface area (Å²) >= 11 is 0. The molecule has 12 heavy (non-hydrogen) atoms. The van der Waals surface area contributed by atoms with Gasteiger partial charge in [0.1, 0.15) is 0 Å². The van der Waals surface area contributed by atoms with E-state index < -0.39 is 0 Å². The Morgan fingerprint density at radius 3 is 2.67 bits per heavy atom. The molecule has 0 saturated carbocycles. The van der Waals surface area contributed by atoms with Gasteiger partial charge >= 0.3 is 0 Å². The van der Waals surface area contributed by atoms with Gasteiger partial charge in [-0.15, -0.1) is 0 Å². The summed E-state index contributed by atoms with van der Waals surface area (Å²) in [6, 6.07) is 0. The lowest BCUT2D eigenvalue weighted by Gasteiger charge is -1.99. The monoisotopic (exact) mass is 173 g/mol. The molecule has 0 aromatic rings. The molecule has 1 amide bonds. The molecule has 0 bridgehead atoms. The minimum atomic E-state index is -0.205. The zero-order valence-electron chi connectivity index (χ0n) is 7.58. The maximum absolute atomic E-state index is 10.3. The topological polar surface area (TPSA) is 47.9 Å². The summed E-state index contributed by atoms with van der Waals surface area (Å²) < 4.78 is 10.1. The van der Waals surface area contributed by atoms with Gasteiger partial charge in [-0.25, -0.2) is 4.99 Å². The van der Waals surface area contributed by atoms with Gasteiger partial charge in [-0.05, 0) is 6.92 Å². The van der Waals surface area contributed by atoms with Crippen LogP contribution >= 0.6 is 0 Å². The number of rotatable bonds is 6. The quantitative estimate of drug-likeness (QED) is 0.438. The van der Waals surface area contributed by atoms with Crippen molar-refractivity contribution in [2.75, 3.05) is 26.4 Å². The first kappa shape index (κ1) is 11.3. The predicted molar refractivity (Wildman–Crippen MR) is 46.5 cm³/mol. The minimum Gasteiger partial charge on any atom is -0.379 e. The van der Waals surface area contributed by atoms with Gasteiger partial charge in [0.2, 0.25) is 5.91 Å². The molecule has 0 aliphatic heterocycles. The fraction of sp³-hybridized carbons (Fsp3) is 0.750. The Morgan fingerprint density at radius 2 is 2.08 bits per heavy atom. The van der Waals surface area contributed by atoms with Gasteiger partial charge in [-0.1, -0.05) is 0 Å². The second-order valence-electron chi connectivity index (χ2n) is 2.10. The summed E-state index contributed by atoms with van der Waals surface area (Å²) in [5.41, 5.74) is 0. The predicted octanol–water partition coefficient (Wildman–Crippen LogP) is 0.657. The Bertz CT molecular complexity index is 145. The molecule has 0 N–H and O–H groups in total. The van der Waals surface area contributed by atoms with Crippen LogP contribution in [0.5, 0.6) is 0 Å². The summed E-state index contributed by atoms with van der Waals surface area (Å²) in [5, 5.41) is 0. The first-order chi connectivity index (χ1) is 5.77. The average molecular weight is 173 g/mol. The number of hydrogen-bond donors (Lipinski definition) is 0. The van der Waals surface area contributed by atoms with Crippen molar-refractivity contribution < 1.29 is 14.3 Å². The van der Waals surface area contributed by atoms with Crippen molar-refractivity contribution in [2.24, 2.45) is 4.99 Å². The largest absolute Gasteiger partial charge is 0.379 e. The van der Waals surface area contributed by atoms with Crippen LogP contribution in [0.25, 0.3) is 0 Å². The van der Waals surface area contributed by atoms with Crippen molar-refractivity contribution in [1.29, 1.82) is 0 Å². The molecule has 0 heterocycles. The van der Waals surface area contributed by atoms with E-state index in [0.717, 1.165) is 0 Å². The van der Waals surface area contributed by atoms with Crippen LogP contribution in [-0.2, 0) is 14.3 Å². The second kappa shape index (κ2) is 8.36. The number of hydrogen-bond acceptors (Lipinski definition) is 3. The van der Waals surface area contributed by atoms with Crippen molar-refractivity contribution in [2.45, 2.75) is 13.8 Å². The van der Waals surface area contributed by atoms with Crippen LogP contribution in [0.2, 0.25) is 0 Å². The molecule has 0 unspecified atom stereocenters. The molecule has 4 heteroatoms. The SMILES string of the molecule is CCOCCOCC=NC(C)=O. The fourth-order valence-electron chi connectivity index (χ4n) is 0.564. The third kappa shape index (κ3) is 9.26. The molecule has 0 rings (SSSR count). The minimum absolute atomic E-state index is 0.205. The first-order valence-electron chi connectivity index (χ1n) is 3.96. The molecule has 0 saturated heterocycles. The average Bonchev–Trinajstić information content (AvgIpc) is 2.02. The smallest absolute Gasteiger partial charge is 0.242 e. The lowest BCUT2D eigenvalue weighted by molar-refractivity contribution is -0.115. The molecule has 4 nitrogen and oxygen atoms in total. The zero-order valence-corrected chi connectivity index (χ0v) is 7.58. The summed E-state index contributed by atoms with van der Waals surface area (Å²) in [7, 11) is 0. The van der Waals surface area contributed by atoms with Crippen LogP contribution in [0.4, 0.5) is 0 Å². The van der Waals surface area contributed by atoms with Crippen molar-refractivity contribution in [3.05, 3.63) is 0 Å². The van der Waals surface area contributed by atoms with Crippen LogP contribution < -0.4 is 0 Å². The molecule has 0 aliphatic carbocycles. The maximum Gasteiger partial charge on any atom is 0.242 e. The Labute approximate surface area is 72.6 Å². The zero-order chi connectivity index (χ0) is 9.23. The van der Waals surface area contributed by atoms with E-state index in [2.05, 4.69) is 4.99 Å². The van der Waals surface area contributed by atoms with E-state index in [-0.39, 0.29) is 5.91 Å². The van der Waals surface area contributed by atoms with Gasteiger partial charge in [-0.2, -0.15) is 0 Å². The number of carbonyl (C=O) groups is 1. The first-order valence-corrected chi connectivity index (χ1v) is 3.96. The van der Waals surface area contributed by atoms with Crippen molar-refractivity contribution >= 4 is 12.1 Å². The van der Waals surface area contributed by atoms with Crippen molar-refractivity contribution in [3.63, 3.8) is 0 Å². The van der Waals surface area contributed by atoms with Crippen LogP contribution in [0.1, 0.15) is 13.8 Å². The Kier molecular flexibility index (Phi) is 7.84. The molecule has 0 aromatic heterocycles. The second-order valence-corrected chi connectivity index (χ2v) is 2.10. The van der Waals surface area contributed by atoms with E-state index in [0.29, 0.717) is 26.4 Å². The number of amides is 1. The fourth-order valence-corrected chi connectivity index (χ4v) is 0.564. The third-order valence-electron chi connectivity index (χ3n) is 1.04. The molecule has 0 radical (unpaired) electrons. The van der Waals surface area contributed by atoms with Crippen LogP contribution in [-0.4, -0.2) is 38.5 Å². The van der Waals surface area contributed by atoms with Gasteiger partial charge in [0.05, 0.1) is 19.8 Å². The van der Waals surface area contributed by atoms with Gasteiger partial charge < -0.3 is 9.47 Å². The Morgan fingerprint density at radius 1 is 1.42 bits per heavy atom. The summed E-state index contributed by atoms with van der Waals surface area (Å²) in [6.07, 6.45) is 1.45. The molecule has 0 fully saturated rings. The number of nitrogens with zero attached hydrogens (tertiary/aromatic N) is 1. The normalized spacial score (nSPS) is 10.8. The standard InChI is InChI=1S/C8H15NO3/c1-3-11-6-7-12-5-4-9-8(2)10/h4H,3,5-7H2,1-2H3. The van der Waals surface area contributed by atoms with Crippen LogP contribution in [0.15, 0.2) is 4.99 Å². The third-order valence-corrected chi connectivity index (χ3v) is 1.04. The number of carbonyl (C=O) groups excluding carboxylic acids is 1. The summed E-state index contributed by atoms with van der Waals surface area (Å²) in [4.78, 5) is 13.8. The highest BCUT2D eigenvalue weighted by Crippen LogP contribution is 1.77. The highest BCUT2D eigenvalue weighted by molar-refractivity contribution is 5.83. The molecular formula is C8H15NO3. The maximum atomic E-state index is 10.3. The van der Waals surface area contributed by atoms with Crippen LogP contribution in [0.3, 0.4) is 0 Å². The number of ether oxygens (including phenoxy) is 2. The molecule has 0 atom stereocenters. The van der Waals surface area contributed by atoms with Gasteiger partial charge in [0.15, 0.2) is 0 Å².